The molecule has 0 saturated carbocycles. The highest BCUT2D eigenvalue weighted by Gasteiger charge is 2.54. The quantitative estimate of drug-likeness (QED) is 0.587. The van der Waals surface area contributed by atoms with Gasteiger partial charge >= 0.3 is 0 Å². The summed E-state index contributed by atoms with van der Waals surface area (Å²) >= 11 is 7.62. The molecule has 0 heterocycles. The molecule has 2 atom stereocenters. The fraction of sp³-hybridized carbons (Fsp3) is 0.300. The summed E-state index contributed by atoms with van der Waals surface area (Å²) in [6, 6.07) is 15.5. The van der Waals surface area contributed by atoms with Gasteiger partial charge in [0, 0.05) is 20.3 Å². The van der Waals surface area contributed by atoms with Gasteiger partial charge in [0.05, 0.1) is 0 Å². The SMILES string of the molecule is CC1(C)c2cc(Br)ccc2C2(C)C(Br)=c3ccccc3=CC12. The fourth-order valence-electron chi connectivity index (χ4n) is 4.49. The first-order valence-corrected chi connectivity index (χ1v) is 9.23. The number of halogens is 2. The zero-order valence-electron chi connectivity index (χ0n) is 13.0. The molecule has 0 amide bonds. The number of fused-ring (bicyclic) bond motifs is 4. The summed E-state index contributed by atoms with van der Waals surface area (Å²) in [4.78, 5) is 0. The summed E-state index contributed by atoms with van der Waals surface area (Å²) < 4.78 is 2.48. The van der Waals surface area contributed by atoms with Gasteiger partial charge in [0.1, 0.15) is 0 Å². The average Bonchev–Trinajstić information content (AvgIpc) is 2.66. The van der Waals surface area contributed by atoms with Crippen molar-refractivity contribution in [1.82, 2.24) is 0 Å². The van der Waals surface area contributed by atoms with Crippen LogP contribution >= 0.6 is 31.9 Å². The molecule has 0 bridgehead atoms. The van der Waals surface area contributed by atoms with E-state index in [1.165, 1.54) is 26.0 Å². The van der Waals surface area contributed by atoms with Gasteiger partial charge in [-0.25, -0.2) is 0 Å². The molecule has 2 aromatic rings. The Morgan fingerprint density at radius 2 is 1.64 bits per heavy atom. The maximum Gasteiger partial charge on any atom is 0.0320 e. The molecule has 4 rings (SSSR count). The molecule has 0 aliphatic heterocycles. The lowest BCUT2D eigenvalue weighted by atomic mass is 9.66. The molecule has 2 aliphatic carbocycles. The third-order valence-electron chi connectivity index (χ3n) is 5.63. The van der Waals surface area contributed by atoms with Crippen molar-refractivity contribution in [3.05, 3.63) is 68.5 Å². The van der Waals surface area contributed by atoms with Crippen molar-refractivity contribution >= 4 is 42.4 Å². The largest absolute Gasteiger partial charge is 0.0714 e. The Morgan fingerprint density at radius 1 is 0.909 bits per heavy atom. The standard InChI is InChI=1S/C20H18Br2/c1-19(2)16-11-13(21)8-9-15(16)20(3)17(19)10-12-6-4-5-7-14(12)18(20)22/h4-11,17H,1-3H3. The van der Waals surface area contributed by atoms with Crippen LogP contribution in [0.1, 0.15) is 31.9 Å². The Balaban J connectivity index is 2.15. The van der Waals surface area contributed by atoms with Crippen LogP contribution in [0.3, 0.4) is 0 Å². The van der Waals surface area contributed by atoms with Crippen LogP contribution in [-0.4, -0.2) is 0 Å². The minimum absolute atomic E-state index is 0.00782. The minimum atomic E-state index is 0.00782. The van der Waals surface area contributed by atoms with Crippen LogP contribution in [0.5, 0.6) is 0 Å². The molecule has 0 fully saturated rings. The zero-order valence-corrected chi connectivity index (χ0v) is 16.1. The molecule has 0 saturated heterocycles. The number of rotatable bonds is 0. The maximum atomic E-state index is 3.98. The van der Waals surface area contributed by atoms with E-state index in [-0.39, 0.29) is 10.8 Å². The van der Waals surface area contributed by atoms with Gasteiger partial charge in [-0.2, -0.15) is 0 Å². The molecule has 0 radical (unpaired) electrons. The van der Waals surface area contributed by atoms with Crippen LogP contribution in [0.15, 0.2) is 46.9 Å². The van der Waals surface area contributed by atoms with E-state index in [9.17, 15) is 0 Å². The van der Waals surface area contributed by atoms with Crippen molar-refractivity contribution in [3.8, 4) is 0 Å². The Morgan fingerprint density at radius 3 is 2.41 bits per heavy atom. The maximum absolute atomic E-state index is 3.98. The third kappa shape index (κ3) is 1.68. The van der Waals surface area contributed by atoms with E-state index in [1.807, 2.05) is 0 Å². The van der Waals surface area contributed by atoms with E-state index in [1.54, 1.807) is 0 Å². The van der Waals surface area contributed by atoms with Crippen molar-refractivity contribution in [2.45, 2.75) is 31.6 Å². The van der Waals surface area contributed by atoms with Gasteiger partial charge in [0.2, 0.25) is 0 Å². The van der Waals surface area contributed by atoms with Crippen LogP contribution in [0.2, 0.25) is 0 Å². The third-order valence-corrected chi connectivity index (χ3v) is 7.38. The Labute approximate surface area is 148 Å². The van der Waals surface area contributed by atoms with Gasteiger partial charge in [-0.15, -0.1) is 0 Å². The highest BCUT2D eigenvalue weighted by molar-refractivity contribution is 9.15. The summed E-state index contributed by atoms with van der Waals surface area (Å²) in [5.41, 5.74) is 3.02. The Kier molecular flexibility index (Phi) is 3.06. The van der Waals surface area contributed by atoms with Gasteiger partial charge in [-0.1, -0.05) is 89.0 Å². The van der Waals surface area contributed by atoms with Crippen LogP contribution < -0.4 is 10.4 Å². The highest BCUT2D eigenvalue weighted by Crippen LogP contribution is 2.59. The second-order valence-electron chi connectivity index (χ2n) is 7.16. The average molecular weight is 418 g/mol. The van der Waals surface area contributed by atoms with Gasteiger partial charge < -0.3 is 0 Å². The summed E-state index contributed by atoms with van der Waals surface area (Å²) in [6.07, 6.45) is 2.48. The predicted octanol–water partition coefficient (Wildman–Crippen LogP) is 4.61. The lowest BCUT2D eigenvalue weighted by Gasteiger charge is -2.38. The second-order valence-corrected chi connectivity index (χ2v) is 8.87. The highest BCUT2D eigenvalue weighted by atomic mass is 79.9. The summed E-state index contributed by atoms with van der Waals surface area (Å²) in [6.45, 7) is 7.13. The molecule has 0 spiro atoms. The lowest BCUT2D eigenvalue weighted by Crippen LogP contribution is -2.44. The van der Waals surface area contributed by atoms with Crippen molar-refractivity contribution in [2.75, 3.05) is 0 Å². The zero-order chi connectivity index (χ0) is 15.7. The first-order valence-electron chi connectivity index (χ1n) is 7.64. The first kappa shape index (κ1) is 14.7. The molecule has 112 valence electrons. The molecule has 2 aromatic carbocycles. The van der Waals surface area contributed by atoms with Crippen LogP contribution in [0, 0.1) is 5.92 Å². The number of hydrogen-bond acceptors (Lipinski definition) is 0. The monoisotopic (exact) mass is 416 g/mol. The normalized spacial score (nSPS) is 27.7. The van der Waals surface area contributed by atoms with E-state index in [4.69, 9.17) is 0 Å². The van der Waals surface area contributed by atoms with Gasteiger partial charge in [-0.3, -0.25) is 0 Å². The topological polar surface area (TPSA) is 0 Å². The van der Waals surface area contributed by atoms with E-state index >= 15 is 0 Å². The summed E-state index contributed by atoms with van der Waals surface area (Å²) in [5.74, 6) is 0.452. The van der Waals surface area contributed by atoms with Crippen LogP contribution in [0.4, 0.5) is 0 Å². The second kappa shape index (κ2) is 4.58. The molecule has 0 N–H and O–H groups in total. The predicted molar refractivity (Wildman–Crippen MR) is 101 cm³/mol. The van der Waals surface area contributed by atoms with E-state index < -0.39 is 0 Å². The fourth-order valence-corrected chi connectivity index (χ4v) is 5.67. The Bertz CT molecular complexity index is 908. The van der Waals surface area contributed by atoms with Crippen LogP contribution in [-0.2, 0) is 10.8 Å². The molecule has 2 unspecified atom stereocenters. The van der Waals surface area contributed by atoms with Crippen molar-refractivity contribution in [2.24, 2.45) is 5.92 Å². The van der Waals surface area contributed by atoms with Gasteiger partial charge in [0.15, 0.2) is 0 Å². The molecular weight excluding hydrogens is 400 g/mol. The van der Waals surface area contributed by atoms with E-state index in [0.29, 0.717) is 5.92 Å². The minimum Gasteiger partial charge on any atom is -0.0714 e. The number of hydrogen-bond donors (Lipinski definition) is 0. The van der Waals surface area contributed by atoms with Crippen LogP contribution in [0.25, 0.3) is 10.6 Å². The van der Waals surface area contributed by atoms with E-state index in [2.05, 4.69) is 101 Å². The van der Waals surface area contributed by atoms with Crippen molar-refractivity contribution in [1.29, 1.82) is 0 Å². The van der Waals surface area contributed by atoms with E-state index in [0.717, 1.165) is 4.47 Å². The molecule has 2 aliphatic rings. The van der Waals surface area contributed by atoms with Crippen molar-refractivity contribution in [3.63, 3.8) is 0 Å². The Hall–Kier alpha value is -0.860. The molecular formula is C20H18Br2. The van der Waals surface area contributed by atoms with Crippen molar-refractivity contribution < 1.29 is 0 Å². The molecule has 22 heavy (non-hydrogen) atoms. The summed E-state index contributed by atoms with van der Waals surface area (Å²) in [5, 5.41) is 2.67. The van der Waals surface area contributed by atoms with Gasteiger partial charge in [-0.05, 0) is 39.1 Å². The first-order chi connectivity index (χ1) is 10.4. The number of benzene rings is 2. The molecule has 0 nitrogen and oxygen atoms in total. The summed E-state index contributed by atoms with van der Waals surface area (Å²) in [7, 11) is 0. The smallest absolute Gasteiger partial charge is 0.0320 e. The molecule has 2 heteroatoms. The molecule has 0 aromatic heterocycles. The van der Waals surface area contributed by atoms with Gasteiger partial charge in [0.25, 0.3) is 0 Å². The lowest BCUT2D eigenvalue weighted by molar-refractivity contribution is 0.355.